The van der Waals surface area contributed by atoms with Crippen molar-refractivity contribution in [2.24, 2.45) is 11.3 Å². The fourth-order valence-electron chi connectivity index (χ4n) is 7.15. The molecule has 41 heavy (non-hydrogen) atoms. The van der Waals surface area contributed by atoms with Crippen LogP contribution in [-0.2, 0) is 23.4 Å². The second-order valence-corrected chi connectivity index (χ2v) is 12.3. The molecule has 2 saturated heterocycles. The Morgan fingerprint density at radius 1 is 1.17 bits per heavy atom. The summed E-state index contributed by atoms with van der Waals surface area (Å²) in [6.45, 7) is 12.1. The number of imidazole rings is 1. The summed E-state index contributed by atoms with van der Waals surface area (Å²) in [5, 5.41) is 3.58. The molecular formula is C31H33FN6O2V. The van der Waals surface area contributed by atoms with E-state index in [1.54, 1.807) is 18.2 Å². The van der Waals surface area contributed by atoms with Crippen molar-refractivity contribution < 1.29 is 32.5 Å². The zero-order valence-electron chi connectivity index (χ0n) is 23.4. The smallest absolute Gasteiger partial charge is 0.268 e. The van der Waals surface area contributed by atoms with Gasteiger partial charge in [0, 0.05) is 48.5 Å². The van der Waals surface area contributed by atoms with E-state index in [0.29, 0.717) is 18.4 Å². The summed E-state index contributed by atoms with van der Waals surface area (Å²) in [6, 6.07) is 13.7. The number of aromatic amines is 2. The Morgan fingerprint density at radius 3 is 2.68 bits per heavy atom. The molecule has 2 aromatic carbocycles. The van der Waals surface area contributed by atoms with Crippen LogP contribution in [0.15, 0.2) is 55.1 Å². The van der Waals surface area contributed by atoms with Crippen LogP contribution in [0.5, 0.6) is 0 Å². The molecule has 7 rings (SSSR count). The number of hydrogen-bond donors (Lipinski definition) is 3. The van der Waals surface area contributed by atoms with Gasteiger partial charge in [-0.3, -0.25) is 9.59 Å². The molecule has 1 spiro atoms. The van der Waals surface area contributed by atoms with E-state index >= 15 is 0 Å². The van der Waals surface area contributed by atoms with E-state index in [-0.39, 0.29) is 58.6 Å². The Bertz CT molecular complexity index is 1680. The quantitative estimate of drug-likeness (QED) is 0.291. The number of fused-ring (bicyclic) bond motifs is 2. The molecule has 2 amide bonds. The number of nitrogens with one attached hydrogen (secondary N) is 3. The van der Waals surface area contributed by atoms with Gasteiger partial charge in [-0.25, -0.2) is 9.37 Å². The number of amides is 2. The molecule has 211 valence electrons. The monoisotopic (exact) mass is 591 g/mol. The summed E-state index contributed by atoms with van der Waals surface area (Å²) >= 11 is 0. The van der Waals surface area contributed by atoms with Crippen LogP contribution >= 0.6 is 0 Å². The number of aromatic nitrogens is 3. The Morgan fingerprint density at radius 2 is 1.95 bits per heavy atom. The molecule has 1 saturated carbocycles. The maximum absolute atomic E-state index is 14.2. The number of rotatable bonds is 7. The number of hydrogen-bond acceptors (Lipinski definition) is 4. The van der Waals surface area contributed by atoms with Crippen LogP contribution in [0.1, 0.15) is 49.9 Å². The molecule has 10 heteroatoms. The van der Waals surface area contributed by atoms with Crippen LogP contribution in [0.3, 0.4) is 0 Å². The fraction of sp³-hybridized carbons (Fsp3) is 0.387. The number of nitrogens with zero attached hydrogens (tertiary/aromatic N) is 3. The summed E-state index contributed by atoms with van der Waals surface area (Å²) in [5.41, 5.74) is 3.03. The van der Waals surface area contributed by atoms with Crippen LogP contribution in [0, 0.1) is 17.2 Å². The maximum Gasteiger partial charge on any atom is 0.268 e. The first-order valence-corrected chi connectivity index (χ1v) is 13.9. The number of carbonyl (C=O) groups is 2. The zero-order chi connectivity index (χ0) is 28.0. The van der Waals surface area contributed by atoms with Gasteiger partial charge in [-0.1, -0.05) is 44.7 Å². The number of likely N-dealkylation sites (tertiary alicyclic amines) is 2. The Kier molecular flexibility index (Phi) is 6.39. The van der Waals surface area contributed by atoms with Gasteiger partial charge in [0.15, 0.2) is 5.82 Å². The first-order valence-electron chi connectivity index (χ1n) is 13.9. The van der Waals surface area contributed by atoms with E-state index in [0.717, 1.165) is 35.5 Å². The summed E-state index contributed by atoms with van der Waals surface area (Å²) in [5.74, 6) is 0.0605. The third-order valence-corrected chi connectivity index (χ3v) is 9.43. The zero-order valence-corrected chi connectivity index (χ0v) is 24.8. The SMILES string of the molecule is C=C(c1nc2ccccc2[nH]1)N1CC23CC2N(C(=O)[C@H](CC(C)C)NC(=O)c2cc4cccc(F)c4[nH]2)C[C@@]13C.[V]. The number of H-pyrrole nitrogens is 2. The number of halogens is 1. The second-order valence-electron chi connectivity index (χ2n) is 12.3. The van der Waals surface area contributed by atoms with Crippen molar-refractivity contribution in [1.82, 2.24) is 30.1 Å². The van der Waals surface area contributed by atoms with Crippen molar-refractivity contribution in [3.63, 3.8) is 0 Å². The molecular weight excluding hydrogens is 558 g/mol. The third kappa shape index (κ3) is 4.04. The summed E-state index contributed by atoms with van der Waals surface area (Å²) in [4.78, 5) is 42.5. The summed E-state index contributed by atoms with van der Waals surface area (Å²) < 4.78 is 14.2. The van der Waals surface area contributed by atoms with Gasteiger partial charge in [0.2, 0.25) is 5.91 Å². The number of piperidine rings is 1. The minimum atomic E-state index is -0.672. The van der Waals surface area contributed by atoms with Crippen molar-refractivity contribution >= 4 is 39.4 Å². The predicted molar refractivity (Wildman–Crippen MR) is 152 cm³/mol. The van der Waals surface area contributed by atoms with Gasteiger partial charge in [-0.15, -0.1) is 0 Å². The summed E-state index contributed by atoms with van der Waals surface area (Å²) in [7, 11) is 0. The largest absolute Gasteiger partial charge is 0.360 e. The van der Waals surface area contributed by atoms with Gasteiger partial charge in [0.1, 0.15) is 17.6 Å². The molecule has 0 bridgehead atoms. The molecule has 2 aliphatic heterocycles. The molecule has 3 fully saturated rings. The average molecular weight is 592 g/mol. The van der Waals surface area contributed by atoms with Crippen LogP contribution in [0.4, 0.5) is 4.39 Å². The Balaban J connectivity index is 0.00000302. The number of benzene rings is 2. The topological polar surface area (TPSA) is 97.1 Å². The van der Waals surface area contributed by atoms with Gasteiger partial charge in [-0.05, 0) is 49.9 Å². The first kappa shape index (κ1) is 27.6. The molecule has 3 aliphatic rings. The summed E-state index contributed by atoms with van der Waals surface area (Å²) in [6.07, 6.45) is 1.46. The van der Waals surface area contributed by atoms with Gasteiger partial charge >= 0.3 is 0 Å². The van der Waals surface area contributed by atoms with Crippen molar-refractivity contribution in [2.45, 2.75) is 51.2 Å². The Labute approximate surface area is 249 Å². The van der Waals surface area contributed by atoms with E-state index in [1.807, 2.05) is 43.0 Å². The van der Waals surface area contributed by atoms with Crippen LogP contribution in [0.25, 0.3) is 27.6 Å². The van der Waals surface area contributed by atoms with E-state index in [9.17, 15) is 14.0 Å². The van der Waals surface area contributed by atoms with E-state index in [4.69, 9.17) is 4.98 Å². The Hall–Kier alpha value is -3.56. The second kappa shape index (κ2) is 9.49. The van der Waals surface area contributed by atoms with Gasteiger partial charge in [0.25, 0.3) is 5.91 Å². The van der Waals surface area contributed by atoms with Gasteiger partial charge in [-0.2, -0.15) is 0 Å². The molecule has 4 atom stereocenters. The minimum absolute atomic E-state index is 0. The van der Waals surface area contributed by atoms with Crippen molar-refractivity contribution in [3.05, 3.63) is 72.4 Å². The first-order chi connectivity index (χ1) is 19.1. The average Bonchev–Trinajstić information content (AvgIpc) is 3.23. The molecule has 3 N–H and O–H groups in total. The molecule has 4 aromatic rings. The fourth-order valence-corrected chi connectivity index (χ4v) is 7.15. The van der Waals surface area contributed by atoms with Crippen molar-refractivity contribution in [3.8, 4) is 0 Å². The van der Waals surface area contributed by atoms with E-state index < -0.39 is 17.8 Å². The van der Waals surface area contributed by atoms with Gasteiger partial charge < -0.3 is 25.1 Å². The van der Waals surface area contributed by atoms with Crippen LogP contribution < -0.4 is 5.32 Å². The van der Waals surface area contributed by atoms with Crippen molar-refractivity contribution in [1.29, 1.82) is 0 Å². The molecule has 4 heterocycles. The van der Waals surface area contributed by atoms with Crippen LogP contribution in [-0.4, -0.2) is 67.3 Å². The van der Waals surface area contributed by atoms with Gasteiger partial charge in [0.05, 0.1) is 27.8 Å². The van der Waals surface area contributed by atoms with Crippen LogP contribution in [0.2, 0.25) is 0 Å². The number of carbonyl (C=O) groups excluding carboxylic acids is 2. The molecule has 2 unspecified atom stereocenters. The number of para-hydroxylation sites is 3. The van der Waals surface area contributed by atoms with E-state index in [2.05, 4.69) is 33.7 Å². The molecule has 2 aromatic heterocycles. The minimum Gasteiger partial charge on any atom is -0.360 e. The maximum atomic E-state index is 14.2. The molecule has 1 aliphatic carbocycles. The normalized spacial score (nSPS) is 25.0. The third-order valence-electron chi connectivity index (χ3n) is 9.43. The molecule has 8 nitrogen and oxygen atoms in total. The molecule has 1 radical (unpaired) electrons. The predicted octanol–water partition coefficient (Wildman–Crippen LogP) is 4.67. The standard InChI is InChI=1S/C31H33FN6O2.V/c1-17(2)12-24(36-28(39)23-13-19-8-7-9-20(32)26(19)33-23)29(40)37-15-30(4)31(14-25(31)37)16-38(30)18(3)27-34-21-10-5-6-11-22(21)35-27;/h5-11,13,17,24-25,33H,3,12,14-16H2,1-2,4H3,(H,34,35)(H,36,39);/t24-,25?,30+,31?;/m0./s1. The van der Waals surface area contributed by atoms with Crippen molar-refractivity contribution in [2.75, 3.05) is 13.1 Å². The van der Waals surface area contributed by atoms with E-state index in [1.165, 1.54) is 6.07 Å².